The lowest BCUT2D eigenvalue weighted by atomic mass is 9.74. The molecule has 0 amide bonds. The van der Waals surface area contributed by atoms with Crippen LogP contribution in [-0.4, -0.2) is 32.6 Å². The van der Waals surface area contributed by atoms with Crippen molar-refractivity contribution in [1.29, 1.82) is 0 Å². The third kappa shape index (κ3) is 2.13. The fourth-order valence-electron chi connectivity index (χ4n) is 3.75. The van der Waals surface area contributed by atoms with E-state index in [9.17, 15) is 15.3 Å². The zero-order valence-corrected chi connectivity index (χ0v) is 11.8. The van der Waals surface area contributed by atoms with Crippen LogP contribution in [0.1, 0.15) is 47.0 Å². The van der Waals surface area contributed by atoms with Gasteiger partial charge >= 0.3 is 0 Å². The van der Waals surface area contributed by atoms with E-state index < -0.39 is 17.3 Å². The van der Waals surface area contributed by atoms with Gasteiger partial charge in [-0.3, -0.25) is 0 Å². The smallest absolute Gasteiger partial charge is 0.0892 e. The first-order valence-electron chi connectivity index (χ1n) is 6.99. The second kappa shape index (κ2) is 4.32. The van der Waals surface area contributed by atoms with Crippen LogP contribution in [0.4, 0.5) is 0 Å². The molecule has 3 N–H and O–H groups in total. The largest absolute Gasteiger partial charge is 0.393 e. The fraction of sp³-hybridized carbons (Fsp3) is 0.867. The third-order valence-electron chi connectivity index (χ3n) is 5.04. The fourth-order valence-corrected chi connectivity index (χ4v) is 3.75. The van der Waals surface area contributed by atoms with Crippen molar-refractivity contribution in [2.45, 2.75) is 64.3 Å². The molecule has 0 heterocycles. The van der Waals surface area contributed by atoms with E-state index in [-0.39, 0.29) is 17.8 Å². The van der Waals surface area contributed by atoms with Crippen LogP contribution in [0.25, 0.3) is 0 Å². The molecule has 3 nitrogen and oxygen atoms in total. The van der Waals surface area contributed by atoms with Crippen LogP contribution < -0.4 is 0 Å². The Kier molecular flexibility index (Phi) is 3.37. The maximum Gasteiger partial charge on any atom is 0.0892 e. The lowest BCUT2D eigenvalue weighted by Crippen LogP contribution is -2.45. The zero-order valence-electron chi connectivity index (χ0n) is 11.8. The van der Waals surface area contributed by atoms with Crippen molar-refractivity contribution in [2.75, 3.05) is 0 Å². The minimum absolute atomic E-state index is 0.171. The summed E-state index contributed by atoms with van der Waals surface area (Å²) < 4.78 is 0. The average Bonchev–Trinajstić information content (AvgIpc) is 2.45. The van der Waals surface area contributed by atoms with Gasteiger partial charge in [0.15, 0.2) is 0 Å². The first-order valence-corrected chi connectivity index (χ1v) is 6.99. The highest BCUT2D eigenvalue weighted by molar-refractivity contribution is 5.29. The number of aliphatic hydroxyl groups excluding tert-OH is 1. The number of hydrogen-bond acceptors (Lipinski definition) is 3. The summed E-state index contributed by atoms with van der Waals surface area (Å²) in [5.41, 5.74) is -0.741. The monoisotopic (exact) mass is 254 g/mol. The molecule has 0 saturated heterocycles. The molecule has 104 valence electrons. The van der Waals surface area contributed by atoms with E-state index in [0.29, 0.717) is 12.8 Å². The van der Waals surface area contributed by atoms with Crippen molar-refractivity contribution in [3.63, 3.8) is 0 Å². The number of aliphatic hydroxyl groups is 3. The second-order valence-electron chi connectivity index (χ2n) is 6.89. The molecule has 2 aliphatic rings. The van der Waals surface area contributed by atoms with Crippen LogP contribution in [0, 0.1) is 17.8 Å². The van der Waals surface area contributed by atoms with Gasteiger partial charge in [0.1, 0.15) is 0 Å². The molecular weight excluding hydrogens is 228 g/mol. The van der Waals surface area contributed by atoms with Crippen molar-refractivity contribution in [1.82, 2.24) is 0 Å². The highest BCUT2D eigenvalue weighted by Crippen LogP contribution is 2.49. The minimum Gasteiger partial charge on any atom is -0.393 e. The Labute approximate surface area is 110 Å². The Bertz CT molecular complexity index is 355. The number of fused-ring (bicyclic) bond motifs is 1. The summed E-state index contributed by atoms with van der Waals surface area (Å²) in [6.45, 7) is 7.56. The van der Waals surface area contributed by atoms with E-state index in [1.807, 2.05) is 0 Å². The minimum atomic E-state index is -0.966. The number of allylic oxidation sites excluding steroid dienone is 1. The van der Waals surface area contributed by atoms with E-state index in [0.717, 1.165) is 12.0 Å². The molecule has 18 heavy (non-hydrogen) atoms. The van der Waals surface area contributed by atoms with Gasteiger partial charge in [0.25, 0.3) is 0 Å². The topological polar surface area (TPSA) is 60.7 Å². The SMILES string of the molecule is C[C@H]1CC(O)[C@@H](C(C)(C)O)CC2(O)C1=CC[C@@H]2C. The van der Waals surface area contributed by atoms with E-state index in [4.69, 9.17) is 0 Å². The van der Waals surface area contributed by atoms with Gasteiger partial charge in [-0.25, -0.2) is 0 Å². The van der Waals surface area contributed by atoms with Crippen molar-refractivity contribution in [3.05, 3.63) is 11.6 Å². The van der Waals surface area contributed by atoms with Gasteiger partial charge in [0.05, 0.1) is 17.3 Å². The van der Waals surface area contributed by atoms with Gasteiger partial charge in [-0.15, -0.1) is 0 Å². The summed E-state index contributed by atoms with van der Waals surface area (Å²) >= 11 is 0. The predicted molar refractivity (Wildman–Crippen MR) is 71.0 cm³/mol. The van der Waals surface area contributed by atoms with Gasteiger partial charge in [0.2, 0.25) is 0 Å². The Balaban J connectivity index is 2.38. The summed E-state index contributed by atoms with van der Waals surface area (Å²) in [5, 5.41) is 31.6. The maximum atomic E-state index is 11.0. The lowest BCUT2D eigenvalue weighted by molar-refractivity contribution is -0.0834. The Morgan fingerprint density at radius 3 is 2.50 bits per heavy atom. The Morgan fingerprint density at radius 1 is 1.33 bits per heavy atom. The van der Waals surface area contributed by atoms with E-state index >= 15 is 0 Å². The standard InChI is InChI=1S/C15H26O3/c1-9-7-13(16)12(14(3,4)17)8-15(18)10(2)5-6-11(9)15/h6,9-10,12-13,16-18H,5,7-8H2,1-4H3/t9-,10-,12-,13?,15?/m0/s1. The molecule has 1 saturated carbocycles. The summed E-state index contributed by atoms with van der Waals surface area (Å²) in [6.07, 6.45) is 3.55. The van der Waals surface area contributed by atoms with Crippen molar-refractivity contribution < 1.29 is 15.3 Å². The normalized spacial score (nSPS) is 45.4. The van der Waals surface area contributed by atoms with Crippen LogP contribution in [0.3, 0.4) is 0 Å². The molecule has 0 spiro atoms. The molecule has 2 aliphatic carbocycles. The maximum absolute atomic E-state index is 11.0. The van der Waals surface area contributed by atoms with Gasteiger partial charge in [0, 0.05) is 5.92 Å². The van der Waals surface area contributed by atoms with Crippen LogP contribution in [-0.2, 0) is 0 Å². The van der Waals surface area contributed by atoms with Crippen molar-refractivity contribution >= 4 is 0 Å². The van der Waals surface area contributed by atoms with E-state index in [1.165, 1.54) is 0 Å². The molecule has 0 aliphatic heterocycles. The summed E-state index contributed by atoms with van der Waals surface area (Å²) in [7, 11) is 0. The van der Waals surface area contributed by atoms with Crippen LogP contribution in [0.5, 0.6) is 0 Å². The lowest BCUT2D eigenvalue weighted by Gasteiger charge is -2.38. The van der Waals surface area contributed by atoms with Crippen LogP contribution >= 0.6 is 0 Å². The van der Waals surface area contributed by atoms with Crippen LogP contribution in [0.15, 0.2) is 11.6 Å². The quantitative estimate of drug-likeness (QED) is 0.626. The molecule has 2 unspecified atom stereocenters. The van der Waals surface area contributed by atoms with Gasteiger partial charge in [-0.05, 0) is 50.5 Å². The molecule has 0 radical (unpaired) electrons. The number of hydrogen-bond donors (Lipinski definition) is 3. The van der Waals surface area contributed by atoms with Gasteiger partial charge in [-0.2, -0.15) is 0 Å². The molecule has 0 bridgehead atoms. The Morgan fingerprint density at radius 2 is 1.94 bits per heavy atom. The summed E-state index contributed by atoms with van der Waals surface area (Å²) in [6, 6.07) is 0. The zero-order chi connectivity index (χ0) is 13.7. The van der Waals surface area contributed by atoms with Crippen LogP contribution in [0.2, 0.25) is 0 Å². The molecule has 3 heteroatoms. The van der Waals surface area contributed by atoms with Crippen molar-refractivity contribution in [2.24, 2.45) is 17.8 Å². The first kappa shape index (κ1) is 14.0. The van der Waals surface area contributed by atoms with E-state index in [1.54, 1.807) is 13.8 Å². The van der Waals surface area contributed by atoms with Crippen molar-refractivity contribution in [3.8, 4) is 0 Å². The molecule has 0 aromatic rings. The Hall–Kier alpha value is -0.380. The highest BCUT2D eigenvalue weighted by Gasteiger charge is 2.51. The number of rotatable bonds is 1. The third-order valence-corrected chi connectivity index (χ3v) is 5.04. The van der Waals surface area contributed by atoms with E-state index in [2.05, 4.69) is 19.9 Å². The second-order valence-corrected chi connectivity index (χ2v) is 6.89. The molecule has 0 aromatic carbocycles. The van der Waals surface area contributed by atoms with Gasteiger partial charge < -0.3 is 15.3 Å². The highest BCUT2D eigenvalue weighted by atomic mass is 16.3. The average molecular weight is 254 g/mol. The molecule has 5 atom stereocenters. The first-order chi connectivity index (χ1) is 8.16. The molecule has 2 rings (SSSR count). The molecule has 1 fully saturated rings. The molecular formula is C15H26O3. The predicted octanol–water partition coefficient (Wildman–Crippen LogP) is 1.86. The van der Waals surface area contributed by atoms with Gasteiger partial charge in [-0.1, -0.05) is 19.9 Å². The summed E-state index contributed by atoms with van der Waals surface area (Å²) in [5.74, 6) is 0.0730. The molecule has 0 aromatic heterocycles. The summed E-state index contributed by atoms with van der Waals surface area (Å²) in [4.78, 5) is 0.